The summed E-state index contributed by atoms with van der Waals surface area (Å²) < 4.78 is 0. The molecule has 2 heteroatoms. The highest BCUT2D eigenvalue weighted by atomic mass is 16.3. The average molecular weight is 213 g/mol. The van der Waals surface area contributed by atoms with E-state index in [0.29, 0.717) is 6.54 Å². The third-order valence-electron chi connectivity index (χ3n) is 4.38. The van der Waals surface area contributed by atoms with Gasteiger partial charge in [0.05, 0.1) is 5.60 Å². The molecular weight excluding hydrogens is 186 g/mol. The van der Waals surface area contributed by atoms with Gasteiger partial charge in [-0.25, -0.2) is 0 Å². The molecule has 90 valence electrons. The van der Waals surface area contributed by atoms with Crippen LogP contribution in [0, 0.1) is 11.3 Å². The molecule has 0 saturated heterocycles. The molecule has 0 aromatic rings. The van der Waals surface area contributed by atoms with E-state index in [9.17, 15) is 5.11 Å². The molecule has 1 aliphatic rings. The van der Waals surface area contributed by atoms with Gasteiger partial charge in [0.2, 0.25) is 0 Å². The molecule has 0 aromatic heterocycles. The molecule has 15 heavy (non-hydrogen) atoms. The Morgan fingerprint density at radius 1 is 1.27 bits per heavy atom. The first-order chi connectivity index (χ1) is 6.98. The molecule has 0 aliphatic heterocycles. The Balaban J connectivity index is 2.84. The van der Waals surface area contributed by atoms with Gasteiger partial charge in [0, 0.05) is 5.92 Å². The van der Waals surface area contributed by atoms with Gasteiger partial charge in [0.15, 0.2) is 0 Å². The lowest BCUT2D eigenvalue weighted by atomic mass is 9.59. The first kappa shape index (κ1) is 13.0. The van der Waals surface area contributed by atoms with Gasteiger partial charge in [-0.1, -0.05) is 40.0 Å². The molecule has 1 fully saturated rings. The van der Waals surface area contributed by atoms with Crippen LogP contribution in [0.4, 0.5) is 0 Å². The Bertz CT molecular complexity index is 203. The number of nitrogens with two attached hydrogens (primary N) is 1. The molecule has 0 bridgehead atoms. The van der Waals surface area contributed by atoms with Gasteiger partial charge in [-0.2, -0.15) is 0 Å². The van der Waals surface area contributed by atoms with Crippen LogP contribution < -0.4 is 5.73 Å². The smallest absolute Gasteiger partial charge is 0.0738 e. The van der Waals surface area contributed by atoms with Crippen LogP contribution in [0.2, 0.25) is 0 Å². The molecule has 0 radical (unpaired) electrons. The summed E-state index contributed by atoms with van der Waals surface area (Å²) in [5.74, 6) is 0.276. The quantitative estimate of drug-likeness (QED) is 0.754. The third kappa shape index (κ3) is 2.36. The van der Waals surface area contributed by atoms with Gasteiger partial charge in [-0.3, -0.25) is 0 Å². The zero-order chi connectivity index (χ0) is 11.5. The zero-order valence-corrected chi connectivity index (χ0v) is 10.6. The minimum absolute atomic E-state index is 0.0322. The predicted molar refractivity (Wildman–Crippen MR) is 64.7 cm³/mol. The summed E-state index contributed by atoms with van der Waals surface area (Å²) in [4.78, 5) is 0. The summed E-state index contributed by atoms with van der Waals surface area (Å²) in [7, 11) is 0. The maximum atomic E-state index is 10.9. The van der Waals surface area contributed by atoms with Gasteiger partial charge >= 0.3 is 0 Å². The number of hydrogen-bond donors (Lipinski definition) is 2. The van der Waals surface area contributed by atoms with E-state index in [1.165, 1.54) is 6.42 Å². The molecule has 1 rings (SSSR count). The normalized spacial score (nSPS) is 32.6. The monoisotopic (exact) mass is 213 g/mol. The fraction of sp³-hybridized carbons (Fsp3) is 1.00. The van der Waals surface area contributed by atoms with Crippen LogP contribution in [-0.2, 0) is 0 Å². The number of rotatable bonds is 4. The summed E-state index contributed by atoms with van der Waals surface area (Å²) in [6, 6.07) is 0. The van der Waals surface area contributed by atoms with Crippen molar-refractivity contribution < 1.29 is 5.11 Å². The van der Waals surface area contributed by atoms with Crippen LogP contribution in [0.15, 0.2) is 0 Å². The molecule has 3 N–H and O–H groups in total. The fourth-order valence-corrected chi connectivity index (χ4v) is 3.17. The lowest BCUT2D eigenvalue weighted by Gasteiger charge is -2.51. The van der Waals surface area contributed by atoms with Crippen molar-refractivity contribution in [3.8, 4) is 0 Å². The molecule has 2 atom stereocenters. The van der Waals surface area contributed by atoms with Crippen LogP contribution in [0.5, 0.6) is 0 Å². The van der Waals surface area contributed by atoms with Gasteiger partial charge in [0.25, 0.3) is 0 Å². The standard InChI is InChI=1S/C13H27NO/c1-4-7-11(10-14)13(15)9-6-5-8-12(13,2)3/h11,15H,4-10,14H2,1-3H3. The third-order valence-corrected chi connectivity index (χ3v) is 4.38. The SMILES string of the molecule is CCCC(CN)C1(O)CCCCC1(C)C. The summed E-state index contributed by atoms with van der Waals surface area (Å²) in [5, 5.41) is 10.9. The van der Waals surface area contributed by atoms with Crippen molar-refractivity contribution in [2.24, 2.45) is 17.1 Å². The Morgan fingerprint density at radius 3 is 2.33 bits per heavy atom. The van der Waals surface area contributed by atoms with E-state index in [1.807, 2.05) is 0 Å². The Hall–Kier alpha value is -0.0800. The summed E-state index contributed by atoms with van der Waals surface area (Å²) >= 11 is 0. The lowest BCUT2D eigenvalue weighted by molar-refractivity contribution is -0.137. The second-order valence-electron chi connectivity index (χ2n) is 5.74. The minimum Gasteiger partial charge on any atom is -0.389 e. The van der Waals surface area contributed by atoms with E-state index >= 15 is 0 Å². The van der Waals surface area contributed by atoms with Crippen molar-refractivity contribution in [3.63, 3.8) is 0 Å². The van der Waals surface area contributed by atoms with E-state index in [1.54, 1.807) is 0 Å². The van der Waals surface area contributed by atoms with E-state index < -0.39 is 5.60 Å². The highest BCUT2D eigenvalue weighted by Gasteiger charge is 2.49. The van der Waals surface area contributed by atoms with Gasteiger partial charge in [-0.05, 0) is 31.2 Å². The van der Waals surface area contributed by atoms with Crippen molar-refractivity contribution in [1.29, 1.82) is 0 Å². The molecule has 2 unspecified atom stereocenters. The van der Waals surface area contributed by atoms with Crippen LogP contribution in [0.3, 0.4) is 0 Å². The Morgan fingerprint density at radius 2 is 1.87 bits per heavy atom. The van der Waals surface area contributed by atoms with Crippen molar-refractivity contribution in [2.45, 2.75) is 64.9 Å². The molecular formula is C13H27NO. The number of hydrogen-bond acceptors (Lipinski definition) is 2. The molecule has 2 nitrogen and oxygen atoms in total. The molecule has 0 aromatic carbocycles. The molecule has 0 amide bonds. The van der Waals surface area contributed by atoms with Crippen LogP contribution in [0.25, 0.3) is 0 Å². The van der Waals surface area contributed by atoms with Crippen molar-refractivity contribution >= 4 is 0 Å². The maximum Gasteiger partial charge on any atom is 0.0738 e. The predicted octanol–water partition coefficient (Wildman–Crippen LogP) is 2.69. The van der Waals surface area contributed by atoms with E-state index in [4.69, 9.17) is 5.73 Å². The second kappa shape index (κ2) is 4.84. The van der Waals surface area contributed by atoms with Gasteiger partial charge < -0.3 is 10.8 Å². The summed E-state index contributed by atoms with van der Waals surface area (Å²) in [6.07, 6.45) is 6.63. The highest BCUT2D eigenvalue weighted by molar-refractivity contribution is 5.00. The van der Waals surface area contributed by atoms with E-state index in [2.05, 4.69) is 20.8 Å². The average Bonchev–Trinajstić information content (AvgIpc) is 2.19. The Kier molecular flexibility index (Phi) is 4.19. The van der Waals surface area contributed by atoms with Crippen molar-refractivity contribution in [1.82, 2.24) is 0 Å². The minimum atomic E-state index is -0.532. The van der Waals surface area contributed by atoms with Crippen molar-refractivity contribution in [3.05, 3.63) is 0 Å². The van der Waals surface area contributed by atoms with E-state index in [-0.39, 0.29) is 11.3 Å². The highest BCUT2D eigenvalue weighted by Crippen LogP contribution is 2.48. The second-order valence-corrected chi connectivity index (χ2v) is 5.74. The zero-order valence-electron chi connectivity index (χ0n) is 10.6. The van der Waals surface area contributed by atoms with Crippen LogP contribution in [-0.4, -0.2) is 17.3 Å². The largest absolute Gasteiger partial charge is 0.389 e. The van der Waals surface area contributed by atoms with Crippen molar-refractivity contribution in [2.75, 3.05) is 6.54 Å². The number of aliphatic hydroxyl groups is 1. The topological polar surface area (TPSA) is 46.2 Å². The first-order valence-electron chi connectivity index (χ1n) is 6.40. The van der Waals surface area contributed by atoms with Crippen LogP contribution >= 0.6 is 0 Å². The molecule has 0 heterocycles. The summed E-state index contributed by atoms with van der Waals surface area (Å²) in [5.41, 5.74) is 5.34. The maximum absolute atomic E-state index is 10.9. The fourth-order valence-electron chi connectivity index (χ4n) is 3.17. The van der Waals surface area contributed by atoms with Crippen LogP contribution in [0.1, 0.15) is 59.3 Å². The lowest BCUT2D eigenvalue weighted by Crippen LogP contribution is -2.54. The first-order valence-corrected chi connectivity index (χ1v) is 6.40. The molecule has 1 saturated carbocycles. The van der Waals surface area contributed by atoms with E-state index in [0.717, 1.165) is 32.1 Å². The molecule has 1 aliphatic carbocycles. The van der Waals surface area contributed by atoms with Gasteiger partial charge in [0.1, 0.15) is 0 Å². The van der Waals surface area contributed by atoms with Gasteiger partial charge in [-0.15, -0.1) is 0 Å². The summed E-state index contributed by atoms with van der Waals surface area (Å²) in [6.45, 7) is 7.19. The Labute approximate surface area is 94.2 Å². The molecule has 0 spiro atoms.